The third-order valence-electron chi connectivity index (χ3n) is 2.63. The summed E-state index contributed by atoms with van der Waals surface area (Å²) in [6.45, 7) is 3.40. The van der Waals surface area contributed by atoms with Crippen molar-refractivity contribution in [2.24, 2.45) is 0 Å². The van der Waals surface area contributed by atoms with Crippen LogP contribution in [0.15, 0.2) is 18.2 Å². The number of nitro groups is 1. The van der Waals surface area contributed by atoms with Gasteiger partial charge < -0.3 is 10.0 Å². The van der Waals surface area contributed by atoms with Gasteiger partial charge in [-0.25, -0.2) is 0 Å². The molecule has 0 aliphatic heterocycles. The molecule has 1 aromatic carbocycles. The van der Waals surface area contributed by atoms with Gasteiger partial charge in [0.25, 0.3) is 5.69 Å². The Kier molecular flexibility index (Phi) is 5.08. The second-order valence-corrected chi connectivity index (χ2v) is 3.73. The Morgan fingerprint density at radius 2 is 2.28 bits per heavy atom. The molecule has 0 bridgehead atoms. The van der Waals surface area contributed by atoms with E-state index < -0.39 is 4.92 Å². The molecule has 0 heterocycles. The molecule has 0 atom stereocenters. The number of benzene rings is 1. The number of nitrogens with zero attached hydrogens (tertiary/aromatic N) is 3. The molecule has 0 aliphatic carbocycles. The van der Waals surface area contributed by atoms with Gasteiger partial charge in [-0.3, -0.25) is 10.1 Å². The van der Waals surface area contributed by atoms with Gasteiger partial charge in [-0.15, -0.1) is 0 Å². The van der Waals surface area contributed by atoms with Crippen LogP contribution in [-0.2, 0) is 0 Å². The molecule has 6 nitrogen and oxygen atoms in total. The van der Waals surface area contributed by atoms with Crippen LogP contribution >= 0.6 is 0 Å². The maximum atomic E-state index is 10.7. The van der Waals surface area contributed by atoms with Crippen LogP contribution in [0.2, 0.25) is 0 Å². The van der Waals surface area contributed by atoms with Crippen molar-refractivity contribution in [3.05, 3.63) is 33.9 Å². The first-order valence-electron chi connectivity index (χ1n) is 5.68. The summed E-state index contributed by atoms with van der Waals surface area (Å²) in [5, 5.41) is 28.4. The van der Waals surface area contributed by atoms with Crippen LogP contribution < -0.4 is 4.90 Å². The maximum absolute atomic E-state index is 10.7. The minimum atomic E-state index is -0.563. The van der Waals surface area contributed by atoms with Gasteiger partial charge in [-0.05, 0) is 25.5 Å². The van der Waals surface area contributed by atoms with Gasteiger partial charge in [0.1, 0.15) is 11.6 Å². The van der Waals surface area contributed by atoms with E-state index in [9.17, 15) is 10.1 Å². The van der Waals surface area contributed by atoms with E-state index in [1.54, 1.807) is 6.07 Å². The highest BCUT2D eigenvalue weighted by Crippen LogP contribution is 2.24. The number of nitriles is 1. The molecule has 96 valence electrons. The molecule has 0 spiro atoms. The van der Waals surface area contributed by atoms with E-state index in [0.717, 1.165) is 5.69 Å². The molecular weight excluding hydrogens is 234 g/mol. The summed E-state index contributed by atoms with van der Waals surface area (Å²) in [6, 6.07) is 6.32. The monoisotopic (exact) mass is 249 g/mol. The largest absolute Gasteiger partial charge is 0.396 e. The first-order valence-corrected chi connectivity index (χ1v) is 5.68. The zero-order chi connectivity index (χ0) is 13.5. The van der Waals surface area contributed by atoms with Crippen molar-refractivity contribution >= 4 is 11.4 Å². The fourth-order valence-corrected chi connectivity index (χ4v) is 1.70. The summed E-state index contributed by atoms with van der Waals surface area (Å²) in [4.78, 5) is 12.1. The number of anilines is 1. The zero-order valence-electron chi connectivity index (χ0n) is 10.2. The molecule has 0 radical (unpaired) electrons. The number of nitro benzene ring substituents is 1. The van der Waals surface area contributed by atoms with E-state index >= 15 is 0 Å². The standard InChI is InChI=1S/C12H15N3O3/c1-2-14(6-3-7-16)11-4-5-12(15(17)18)10(8-11)9-13/h4-5,8,16H,2-3,6-7H2,1H3. The van der Waals surface area contributed by atoms with Crippen LogP contribution in [0, 0.1) is 21.4 Å². The lowest BCUT2D eigenvalue weighted by atomic mass is 10.1. The predicted molar refractivity (Wildman–Crippen MR) is 67.4 cm³/mol. The topological polar surface area (TPSA) is 90.4 Å². The summed E-state index contributed by atoms with van der Waals surface area (Å²) in [6.07, 6.45) is 0.618. The second kappa shape index (κ2) is 6.57. The molecule has 0 saturated carbocycles. The average Bonchev–Trinajstić information content (AvgIpc) is 2.39. The van der Waals surface area contributed by atoms with Crippen molar-refractivity contribution < 1.29 is 10.0 Å². The Hall–Kier alpha value is -2.13. The van der Waals surface area contributed by atoms with E-state index in [-0.39, 0.29) is 17.9 Å². The number of rotatable bonds is 6. The van der Waals surface area contributed by atoms with Crippen molar-refractivity contribution in [2.75, 3.05) is 24.6 Å². The lowest BCUT2D eigenvalue weighted by Gasteiger charge is -2.22. The second-order valence-electron chi connectivity index (χ2n) is 3.73. The predicted octanol–water partition coefficient (Wildman–Crippen LogP) is 1.68. The Morgan fingerprint density at radius 1 is 1.56 bits per heavy atom. The van der Waals surface area contributed by atoms with E-state index in [2.05, 4.69) is 0 Å². The Bertz CT molecular complexity index is 468. The summed E-state index contributed by atoms with van der Waals surface area (Å²) in [5.74, 6) is 0. The fraction of sp³-hybridized carbons (Fsp3) is 0.417. The summed E-state index contributed by atoms with van der Waals surface area (Å²) in [7, 11) is 0. The molecule has 18 heavy (non-hydrogen) atoms. The number of aliphatic hydroxyl groups is 1. The fourth-order valence-electron chi connectivity index (χ4n) is 1.70. The minimum absolute atomic E-state index is 0.0555. The molecule has 0 unspecified atom stereocenters. The number of hydrogen-bond acceptors (Lipinski definition) is 5. The Balaban J connectivity index is 3.04. The SMILES string of the molecule is CCN(CCCO)c1ccc([N+](=O)[O-])c(C#N)c1. The first kappa shape index (κ1) is 13.9. The smallest absolute Gasteiger partial charge is 0.287 e. The van der Waals surface area contributed by atoms with Gasteiger partial charge in [0, 0.05) is 31.5 Å². The summed E-state index contributed by atoms with van der Waals surface area (Å²) in [5.41, 5.74) is 0.632. The molecule has 0 fully saturated rings. The lowest BCUT2D eigenvalue weighted by molar-refractivity contribution is -0.385. The molecule has 0 saturated heterocycles. The highest BCUT2D eigenvalue weighted by atomic mass is 16.6. The van der Waals surface area contributed by atoms with E-state index in [1.165, 1.54) is 12.1 Å². The van der Waals surface area contributed by atoms with Crippen molar-refractivity contribution in [3.63, 3.8) is 0 Å². The van der Waals surface area contributed by atoms with Gasteiger partial charge in [-0.1, -0.05) is 0 Å². The number of hydrogen-bond donors (Lipinski definition) is 1. The van der Waals surface area contributed by atoms with E-state index in [4.69, 9.17) is 10.4 Å². The molecule has 0 aliphatic rings. The van der Waals surface area contributed by atoms with Crippen LogP contribution in [0.3, 0.4) is 0 Å². The summed E-state index contributed by atoms with van der Waals surface area (Å²) < 4.78 is 0. The highest BCUT2D eigenvalue weighted by molar-refractivity contribution is 5.59. The Morgan fingerprint density at radius 3 is 2.78 bits per heavy atom. The van der Waals surface area contributed by atoms with E-state index in [1.807, 2.05) is 17.9 Å². The van der Waals surface area contributed by atoms with Crippen molar-refractivity contribution in [2.45, 2.75) is 13.3 Å². The van der Waals surface area contributed by atoms with Crippen LogP contribution in [0.5, 0.6) is 0 Å². The van der Waals surface area contributed by atoms with Gasteiger partial charge in [0.2, 0.25) is 0 Å². The quantitative estimate of drug-likeness (QED) is 0.611. The van der Waals surface area contributed by atoms with Gasteiger partial charge in [-0.2, -0.15) is 5.26 Å². The van der Waals surface area contributed by atoms with E-state index in [0.29, 0.717) is 19.5 Å². The molecule has 1 aromatic rings. The first-order chi connectivity index (χ1) is 8.63. The zero-order valence-corrected chi connectivity index (χ0v) is 10.2. The van der Waals surface area contributed by atoms with Gasteiger partial charge in [0.15, 0.2) is 0 Å². The van der Waals surface area contributed by atoms with Gasteiger partial charge >= 0.3 is 0 Å². The Labute approximate surface area is 105 Å². The van der Waals surface area contributed by atoms with Crippen LogP contribution in [0.25, 0.3) is 0 Å². The third kappa shape index (κ3) is 3.18. The molecule has 0 aromatic heterocycles. The normalized spacial score (nSPS) is 9.83. The van der Waals surface area contributed by atoms with Crippen molar-refractivity contribution in [1.29, 1.82) is 5.26 Å². The van der Waals surface area contributed by atoms with Crippen molar-refractivity contribution in [3.8, 4) is 6.07 Å². The number of aliphatic hydroxyl groups excluding tert-OH is 1. The molecule has 6 heteroatoms. The maximum Gasteiger partial charge on any atom is 0.287 e. The molecule has 1 N–H and O–H groups in total. The molecular formula is C12H15N3O3. The van der Waals surface area contributed by atoms with Crippen LogP contribution in [0.1, 0.15) is 18.9 Å². The minimum Gasteiger partial charge on any atom is -0.396 e. The van der Waals surface area contributed by atoms with Gasteiger partial charge in [0.05, 0.1) is 4.92 Å². The van der Waals surface area contributed by atoms with Crippen LogP contribution in [-0.4, -0.2) is 29.7 Å². The third-order valence-corrected chi connectivity index (χ3v) is 2.63. The summed E-state index contributed by atoms with van der Waals surface area (Å²) >= 11 is 0. The average molecular weight is 249 g/mol. The van der Waals surface area contributed by atoms with Crippen molar-refractivity contribution in [1.82, 2.24) is 0 Å². The molecule has 0 amide bonds. The lowest BCUT2D eigenvalue weighted by Crippen LogP contribution is -2.24. The van der Waals surface area contributed by atoms with Crippen LogP contribution in [0.4, 0.5) is 11.4 Å². The molecule has 1 rings (SSSR count). The highest BCUT2D eigenvalue weighted by Gasteiger charge is 2.15.